The lowest BCUT2D eigenvalue weighted by Gasteiger charge is -2.37. The summed E-state index contributed by atoms with van der Waals surface area (Å²) in [4.78, 5) is 44.8. The Morgan fingerprint density at radius 1 is 1.09 bits per heavy atom. The van der Waals surface area contributed by atoms with Crippen LogP contribution in [0.5, 0.6) is 0 Å². The first-order valence-electron chi connectivity index (χ1n) is 12.6. The van der Waals surface area contributed by atoms with Gasteiger partial charge in [-0.2, -0.15) is 0 Å². The molecule has 1 unspecified atom stereocenters. The number of carbonyl (C=O) groups is 3. The van der Waals surface area contributed by atoms with Gasteiger partial charge in [-0.1, -0.05) is 62.6 Å². The van der Waals surface area contributed by atoms with Gasteiger partial charge in [0.2, 0.25) is 11.8 Å². The number of hydrogen-bond donors (Lipinski definition) is 3. The van der Waals surface area contributed by atoms with Crippen molar-refractivity contribution >= 4 is 28.6 Å². The van der Waals surface area contributed by atoms with E-state index in [-0.39, 0.29) is 23.8 Å². The first-order valence-corrected chi connectivity index (χ1v) is 12.6. The molecule has 7 nitrogen and oxygen atoms in total. The summed E-state index contributed by atoms with van der Waals surface area (Å²) in [6.45, 7) is 4.44. The number of benzene rings is 2. The third-order valence-corrected chi connectivity index (χ3v) is 7.24. The van der Waals surface area contributed by atoms with Crippen LogP contribution in [0, 0.1) is 0 Å². The maximum Gasteiger partial charge on any atom is 0.255 e. The predicted octanol–water partition coefficient (Wildman–Crippen LogP) is 3.84. The van der Waals surface area contributed by atoms with Crippen LogP contribution in [-0.4, -0.2) is 46.2 Å². The van der Waals surface area contributed by atoms with Gasteiger partial charge < -0.3 is 20.5 Å². The van der Waals surface area contributed by atoms with Crippen LogP contribution in [0.4, 0.5) is 0 Å². The molecule has 5 rings (SSSR count). The Kier molecular flexibility index (Phi) is 6.32. The van der Waals surface area contributed by atoms with E-state index in [1.807, 2.05) is 48.5 Å². The Balaban J connectivity index is 1.40. The lowest BCUT2D eigenvalue weighted by Crippen LogP contribution is -2.56. The summed E-state index contributed by atoms with van der Waals surface area (Å²) in [5, 5.41) is 6.86. The molecule has 3 N–H and O–H groups in total. The molecule has 0 saturated carbocycles. The molecule has 3 atom stereocenters. The maximum atomic E-state index is 13.5. The first kappa shape index (κ1) is 23.1. The second-order valence-electron chi connectivity index (χ2n) is 9.57. The van der Waals surface area contributed by atoms with E-state index in [4.69, 9.17) is 0 Å². The van der Waals surface area contributed by atoms with Crippen LogP contribution in [0.2, 0.25) is 0 Å². The molecule has 7 heteroatoms. The molecule has 182 valence electrons. The third kappa shape index (κ3) is 4.09. The molecule has 2 aromatic carbocycles. The van der Waals surface area contributed by atoms with Crippen LogP contribution in [0.1, 0.15) is 72.8 Å². The molecule has 3 heterocycles. The van der Waals surface area contributed by atoms with Gasteiger partial charge in [0.25, 0.3) is 5.91 Å². The van der Waals surface area contributed by atoms with Gasteiger partial charge in [0.1, 0.15) is 12.1 Å². The normalized spacial score (nSPS) is 19.1. The molecule has 3 aromatic rings. The molecule has 0 fully saturated rings. The Labute approximate surface area is 205 Å². The average molecular weight is 473 g/mol. The summed E-state index contributed by atoms with van der Waals surface area (Å²) in [7, 11) is 0. The highest BCUT2D eigenvalue weighted by Crippen LogP contribution is 2.46. The fraction of sp³-hybridized carbons (Fsp3) is 0.393. The zero-order valence-electron chi connectivity index (χ0n) is 20.3. The molecule has 2 aliphatic rings. The molecule has 35 heavy (non-hydrogen) atoms. The lowest BCUT2D eigenvalue weighted by molar-refractivity contribution is -0.131. The van der Waals surface area contributed by atoms with Crippen LogP contribution in [0.3, 0.4) is 0 Å². The number of amides is 3. The minimum atomic E-state index is -0.702. The number of rotatable bonds is 8. The molecular weight excluding hydrogens is 440 g/mol. The molecule has 3 amide bonds. The van der Waals surface area contributed by atoms with Gasteiger partial charge in [0.15, 0.2) is 0 Å². The van der Waals surface area contributed by atoms with E-state index < -0.39 is 12.1 Å². The van der Waals surface area contributed by atoms with Crippen molar-refractivity contribution in [1.82, 2.24) is 20.5 Å². The molecule has 2 aliphatic heterocycles. The summed E-state index contributed by atoms with van der Waals surface area (Å²) in [5.74, 6) is -0.658. The number of nitrogens with zero attached hydrogens (tertiary/aromatic N) is 1. The van der Waals surface area contributed by atoms with E-state index in [1.54, 1.807) is 11.8 Å². The number of aromatic nitrogens is 1. The van der Waals surface area contributed by atoms with E-state index in [1.165, 1.54) is 0 Å². The fourth-order valence-corrected chi connectivity index (χ4v) is 5.43. The number of H-pyrrole nitrogens is 1. The number of aromatic amines is 1. The Morgan fingerprint density at radius 3 is 2.69 bits per heavy atom. The van der Waals surface area contributed by atoms with Gasteiger partial charge in [0, 0.05) is 35.1 Å². The summed E-state index contributed by atoms with van der Waals surface area (Å²) < 4.78 is 0. The van der Waals surface area contributed by atoms with Crippen molar-refractivity contribution in [2.45, 2.75) is 64.1 Å². The molecule has 0 saturated heterocycles. The van der Waals surface area contributed by atoms with Crippen LogP contribution >= 0.6 is 0 Å². The van der Waals surface area contributed by atoms with E-state index in [9.17, 15) is 14.4 Å². The highest BCUT2D eigenvalue weighted by molar-refractivity contribution is 6.04. The molecule has 0 aliphatic carbocycles. The number of nitrogens with one attached hydrogen (secondary N) is 3. The largest absolute Gasteiger partial charge is 0.356 e. The van der Waals surface area contributed by atoms with E-state index >= 15 is 0 Å². The zero-order valence-corrected chi connectivity index (χ0v) is 20.3. The average Bonchev–Trinajstić information content (AvgIpc) is 3.39. The van der Waals surface area contributed by atoms with Crippen molar-refractivity contribution in [2.24, 2.45) is 0 Å². The van der Waals surface area contributed by atoms with Gasteiger partial charge in [0.05, 0.1) is 6.04 Å². The van der Waals surface area contributed by atoms with Gasteiger partial charge in [-0.05, 0) is 36.6 Å². The van der Waals surface area contributed by atoms with Crippen molar-refractivity contribution in [1.29, 1.82) is 0 Å². The Bertz CT molecular complexity index is 1280. The molecule has 1 aromatic heterocycles. The van der Waals surface area contributed by atoms with Gasteiger partial charge in [-0.15, -0.1) is 0 Å². The summed E-state index contributed by atoms with van der Waals surface area (Å²) >= 11 is 0. The smallest absolute Gasteiger partial charge is 0.255 e. The standard InChI is InChI=1S/C28H32N4O3/c1-3-4-5-10-15-29-26(33)17(2)30-27(34)23-16-21-18-11-8-9-14-22(18)31-24(21)25-19-12-6-7-13-20(19)28(35)32(23)25/h6-9,11-14,17,23,25,31H,3-5,10,15-16H2,1-2H3,(H,29,33)(H,30,34)/t17-,23-,25?/m0/s1. The Morgan fingerprint density at radius 2 is 1.86 bits per heavy atom. The van der Waals surface area contributed by atoms with Gasteiger partial charge >= 0.3 is 0 Å². The van der Waals surface area contributed by atoms with Crippen molar-refractivity contribution in [3.63, 3.8) is 0 Å². The lowest BCUT2D eigenvalue weighted by atomic mass is 9.90. The van der Waals surface area contributed by atoms with Crippen molar-refractivity contribution in [3.05, 3.63) is 70.9 Å². The van der Waals surface area contributed by atoms with Crippen LogP contribution < -0.4 is 10.6 Å². The monoisotopic (exact) mass is 472 g/mol. The summed E-state index contributed by atoms with van der Waals surface area (Å²) in [6, 6.07) is 13.8. The SMILES string of the molecule is CCCCCCNC(=O)[C@H](C)NC(=O)[C@@H]1Cc2c([nH]c3ccccc23)C2c3ccccc3C(=O)N21. The molecule has 0 spiro atoms. The quantitative estimate of drug-likeness (QED) is 0.435. The van der Waals surface area contributed by atoms with Crippen LogP contribution in [0.15, 0.2) is 48.5 Å². The minimum Gasteiger partial charge on any atom is -0.356 e. The van der Waals surface area contributed by atoms with E-state index in [2.05, 4.69) is 22.5 Å². The number of unbranched alkanes of at least 4 members (excludes halogenated alkanes) is 3. The topological polar surface area (TPSA) is 94.3 Å². The molecular formula is C28H32N4O3. The van der Waals surface area contributed by atoms with Crippen molar-refractivity contribution in [2.75, 3.05) is 6.54 Å². The van der Waals surface area contributed by atoms with Gasteiger partial charge in [-0.25, -0.2) is 0 Å². The van der Waals surface area contributed by atoms with E-state index in [0.29, 0.717) is 18.5 Å². The molecule has 0 radical (unpaired) electrons. The number of fused-ring (bicyclic) bond motifs is 7. The number of carbonyl (C=O) groups excluding carboxylic acids is 3. The number of hydrogen-bond acceptors (Lipinski definition) is 3. The maximum absolute atomic E-state index is 13.5. The highest BCUT2D eigenvalue weighted by atomic mass is 16.2. The van der Waals surface area contributed by atoms with Crippen LogP contribution in [-0.2, 0) is 16.0 Å². The minimum absolute atomic E-state index is 0.150. The Hall–Kier alpha value is -3.61. The van der Waals surface area contributed by atoms with E-state index in [0.717, 1.165) is 53.4 Å². The number of para-hydroxylation sites is 1. The second-order valence-corrected chi connectivity index (χ2v) is 9.57. The summed E-state index contributed by atoms with van der Waals surface area (Å²) in [6.07, 6.45) is 4.68. The fourth-order valence-electron chi connectivity index (χ4n) is 5.43. The molecule has 0 bridgehead atoms. The first-order chi connectivity index (χ1) is 17.0. The second kappa shape index (κ2) is 9.56. The van der Waals surface area contributed by atoms with Crippen molar-refractivity contribution < 1.29 is 14.4 Å². The van der Waals surface area contributed by atoms with Crippen molar-refractivity contribution in [3.8, 4) is 0 Å². The zero-order chi connectivity index (χ0) is 24.5. The third-order valence-electron chi connectivity index (χ3n) is 7.24. The van der Waals surface area contributed by atoms with Crippen LogP contribution in [0.25, 0.3) is 10.9 Å². The predicted molar refractivity (Wildman–Crippen MR) is 135 cm³/mol. The van der Waals surface area contributed by atoms with Gasteiger partial charge in [-0.3, -0.25) is 14.4 Å². The highest BCUT2D eigenvalue weighted by Gasteiger charge is 2.49. The summed E-state index contributed by atoms with van der Waals surface area (Å²) in [5.41, 5.74) is 4.54.